The largest absolute Gasteiger partial charge is 0.338 e. The molecular weight excluding hydrogens is 368 g/mol. The zero-order chi connectivity index (χ0) is 20.4. The Morgan fingerprint density at radius 3 is 2.62 bits per heavy atom. The van der Waals surface area contributed by atoms with Crippen LogP contribution >= 0.6 is 0 Å². The van der Waals surface area contributed by atoms with Crippen LogP contribution in [-0.2, 0) is 13.5 Å². The van der Waals surface area contributed by atoms with E-state index >= 15 is 0 Å². The van der Waals surface area contributed by atoms with Crippen molar-refractivity contribution in [1.82, 2.24) is 24.5 Å². The molecule has 1 saturated carbocycles. The summed E-state index contributed by atoms with van der Waals surface area (Å²) >= 11 is 0. The molecule has 2 fully saturated rings. The summed E-state index contributed by atoms with van der Waals surface area (Å²) in [7, 11) is 1.69. The second-order valence-electron chi connectivity index (χ2n) is 8.14. The van der Waals surface area contributed by atoms with E-state index < -0.39 is 0 Å². The van der Waals surface area contributed by atoms with Crippen molar-refractivity contribution in [3.8, 4) is 0 Å². The first-order valence-electron chi connectivity index (χ1n) is 10.8. The van der Waals surface area contributed by atoms with E-state index in [1.807, 2.05) is 6.07 Å². The zero-order valence-electron chi connectivity index (χ0n) is 17.4. The van der Waals surface area contributed by atoms with Crippen LogP contribution < -0.4 is 5.32 Å². The Morgan fingerprint density at radius 2 is 1.97 bits per heavy atom. The van der Waals surface area contributed by atoms with Crippen LogP contribution in [0.5, 0.6) is 0 Å². The number of nitrogens with one attached hydrogen (secondary N) is 1. The van der Waals surface area contributed by atoms with Gasteiger partial charge in [0.05, 0.1) is 17.8 Å². The molecule has 2 aromatic rings. The lowest BCUT2D eigenvalue weighted by Crippen LogP contribution is -2.42. The normalized spacial score (nSPS) is 16.8. The summed E-state index contributed by atoms with van der Waals surface area (Å²) in [5.41, 5.74) is 1.81. The molecule has 1 aliphatic carbocycles. The van der Waals surface area contributed by atoms with Crippen molar-refractivity contribution in [2.24, 2.45) is 7.05 Å². The maximum absolute atomic E-state index is 13.0. The summed E-state index contributed by atoms with van der Waals surface area (Å²) < 4.78 is 3.59. The van der Waals surface area contributed by atoms with Gasteiger partial charge in [-0.15, -0.1) is 0 Å². The molecule has 0 bridgehead atoms. The number of amides is 2. The number of aromatic nitrogens is 4. The lowest BCUT2D eigenvalue weighted by Gasteiger charge is -2.30. The summed E-state index contributed by atoms with van der Waals surface area (Å²) in [6.45, 7) is 3.65. The third-order valence-electron chi connectivity index (χ3n) is 6.04. The fourth-order valence-corrected chi connectivity index (χ4v) is 4.23. The van der Waals surface area contributed by atoms with Gasteiger partial charge in [0.25, 0.3) is 11.8 Å². The molecule has 1 saturated heterocycles. The molecule has 2 aliphatic rings. The molecule has 0 spiro atoms. The highest BCUT2D eigenvalue weighted by Gasteiger charge is 2.29. The summed E-state index contributed by atoms with van der Waals surface area (Å²) in [6, 6.07) is 2.41. The first-order chi connectivity index (χ1) is 14.1. The zero-order valence-corrected chi connectivity index (χ0v) is 17.4. The first-order valence-corrected chi connectivity index (χ1v) is 10.8. The number of hydrogen-bond donors (Lipinski definition) is 1. The van der Waals surface area contributed by atoms with Gasteiger partial charge in [0, 0.05) is 31.9 Å². The van der Waals surface area contributed by atoms with Crippen LogP contribution in [0.15, 0.2) is 12.3 Å². The van der Waals surface area contributed by atoms with Crippen LogP contribution in [-0.4, -0.2) is 49.4 Å². The molecule has 3 heterocycles. The number of carbonyl (C=O) groups excluding carboxylic acids is 2. The predicted molar refractivity (Wildman–Crippen MR) is 110 cm³/mol. The van der Waals surface area contributed by atoms with E-state index in [1.54, 1.807) is 11.9 Å². The summed E-state index contributed by atoms with van der Waals surface area (Å²) in [6.07, 6.45) is 10.4. The average molecular weight is 399 g/mol. The van der Waals surface area contributed by atoms with E-state index in [0.29, 0.717) is 17.4 Å². The van der Waals surface area contributed by atoms with Gasteiger partial charge in [0.2, 0.25) is 0 Å². The Bertz CT molecular complexity index is 889. The number of nitrogens with zero attached hydrogens (tertiary/aromatic N) is 5. The maximum atomic E-state index is 13.0. The lowest BCUT2D eigenvalue weighted by atomic mass is 10.1. The third-order valence-corrected chi connectivity index (χ3v) is 6.04. The predicted octanol–water partition coefficient (Wildman–Crippen LogP) is 3.17. The van der Waals surface area contributed by atoms with E-state index in [1.165, 1.54) is 29.4 Å². The smallest absolute Gasteiger partial charge is 0.275 e. The molecule has 0 aromatic carbocycles. The van der Waals surface area contributed by atoms with Gasteiger partial charge >= 0.3 is 0 Å². The second kappa shape index (κ2) is 8.39. The number of carbonyl (C=O) groups is 2. The van der Waals surface area contributed by atoms with Gasteiger partial charge in [-0.2, -0.15) is 10.2 Å². The molecule has 156 valence electrons. The Balaban J connectivity index is 1.55. The number of likely N-dealkylation sites (tertiary alicyclic amines) is 1. The molecule has 0 atom stereocenters. The molecule has 8 nitrogen and oxygen atoms in total. The van der Waals surface area contributed by atoms with E-state index in [9.17, 15) is 9.59 Å². The number of anilines is 1. The van der Waals surface area contributed by atoms with Gasteiger partial charge in [-0.05, 0) is 32.1 Å². The van der Waals surface area contributed by atoms with E-state index in [4.69, 9.17) is 5.10 Å². The van der Waals surface area contributed by atoms with Gasteiger partial charge in [0.15, 0.2) is 5.82 Å². The second-order valence-corrected chi connectivity index (χ2v) is 8.14. The Morgan fingerprint density at radius 1 is 1.21 bits per heavy atom. The highest BCUT2D eigenvalue weighted by atomic mass is 16.2. The fourth-order valence-electron chi connectivity index (χ4n) is 4.23. The van der Waals surface area contributed by atoms with Gasteiger partial charge in [0.1, 0.15) is 5.69 Å². The highest BCUT2D eigenvalue weighted by Crippen LogP contribution is 2.31. The maximum Gasteiger partial charge on any atom is 0.275 e. The Labute approximate surface area is 171 Å². The minimum absolute atomic E-state index is 0.130. The molecule has 1 N–H and O–H groups in total. The summed E-state index contributed by atoms with van der Waals surface area (Å²) in [5, 5.41) is 11.8. The fraction of sp³-hybridized carbons (Fsp3) is 0.619. The van der Waals surface area contributed by atoms with E-state index in [2.05, 4.69) is 22.0 Å². The minimum atomic E-state index is -0.341. The lowest BCUT2D eigenvalue weighted by molar-refractivity contribution is 0.0648. The molecular formula is C21H30N6O2. The monoisotopic (exact) mass is 398 g/mol. The SMILES string of the molecule is CCCCc1cc(NC(=O)c2c(C(=O)N3CCC3)cnn2C)nn1C1CCCC1. The first kappa shape index (κ1) is 19.7. The Hall–Kier alpha value is -2.64. The van der Waals surface area contributed by atoms with Gasteiger partial charge in [-0.25, -0.2) is 0 Å². The van der Waals surface area contributed by atoms with Crippen molar-refractivity contribution >= 4 is 17.6 Å². The van der Waals surface area contributed by atoms with Crippen LogP contribution in [0, 0.1) is 0 Å². The van der Waals surface area contributed by atoms with Crippen molar-refractivity contribution < 1.29 is 9.59 Å². The van der Waals surface area contributed by atoms with Crippen molar-refractivity contribution in [2.75, 3.05) is 18.4 Å². The number of unbranched alkanes of at least 4 members (excludes halogenated alkanes) is 1. The van der Waals surface area contributed by atoms with E-state index in [0.717, 1.165) is 51.6 Å². The van der Waals surface area contributed by atoms with Crippen molar-refractivity contribution in [3.63, 3.8) is 0 Å². The third kappa shape index (κ3) is 3.93. The van der Waals surface area contributed by atoms with Crippen LogP contribution in [0.1, 0.15) is 84.5 Å². The van der Waals surface area contributed by atoms with Crippen LogP contribution in [0.25, 0.3) is 0 Å². The van der Waals surface area contributed by atoms with Gasteiger partial charge < -0.3 is 10.2 Å². The number of hydrogen-bond acceptors (Lipinski definition) is 4. The molecule has 1 aliphatic heterocycles. The molecule has 8 heteroatoms. The van der Waals surface area contributed by atoms with Gasteiger partial charge in [-0.3, -0.25) is 19.0 Å². The molecule has 2 aromatic heterocycles. The Kier molecular flexibility index (Phi) is 5.69. The topological polar surface area (TPSA) is 85.1 Å². The summed E-state index contributed by atoms with van der Waals surface area (Å²) in [5.74, 6) is 0.0816. The standard InChI is InChI=1S/C21H30N6O2/c1-3-4-8-16-13-18(24-27(16)15-9-5-6-10-15)23-20(28)19-17(14-22-25(19)2)21(29)26-11-7-12-26/h13-15H,3-12H2,1-2H3,(H,23,24,28). The quantitative estimate of drug-likeness (QED) is 0.776. The molecule has 29 heavy (non-hydrogen) atoms. The summed E-state index contributed by atoms with van der Waals surface area (Å²) in [4.78, 5) is 27.4. The molecule has 2 amide bonds. The minimum Gasteiger partial charge on any atom is -0.338 e. The number of rotatable bonds is 7. The van der Waals surface area contributed by atoms with E-state index in [-0.39, 0.29) is 17.5 Å². The van der Waals surface area contributed by atoms with Crippen LogP contribution in [0.4, 0.5) is 5.82 Å². The molecule has 0 radical (unpaired) electrons. The molecule has 0 unspecified atom stereocenters. The highest BCUT2D eigenvalue weighted by molar-refractivity contribution is 6.10. The average Bonchev–Trinajstić information content (AvgIpc) is 3.37. The van der Waals surface area contributed by atoms with Crippen molar-refractivity contribution in [1.29, 1.82) is 0 Å². The van der Waals surface area contributed by atoms with Crippen LogP contribution in [0.3, 0.4) is 0 Å². The van der Waals surface area contributed by atoms with Crippen molar-refractivity contribution in [2.45, 2.75) is 64.3 Å². The van der Waals surface area contributed by atoms with Crippen LogP contribution in [0.2, 0.25) is 0 Å². The van der Waals surface area contributed by atoms with Gasteiger partial charge in [-0.1, -0.05) is 26.2 Å². The molecule has 4 rings (SSSR count). The number of aryl methyl sites for hydroxylation is 2. The van der Waals surface area contributed by atoms with Crippen molar-refractivity contribution in [3.05, 3.63) is 29.2 Å².